The van der Waals surface area contributed by atoms with Crippen molar-refractivity contribution >= 4 is 5.97 Å². The number of ether oxygens (including phenoxy) is 1. The number of carbonyl (C=O) groups is 1. The molecule has 1 aliphatic rings. The lowest BCUT2D eigenvalue weighted by Gasteiger charge is -2.34. The summed E-state index contributed by atoms with van der Waals surface area (Å²) in [5.74, 6) is -0.117. The summed E-state index contributed by atoms with van der Waals surface area (Å²) in [7, 11) is 1.44. The molecule has 0 atom stereocenters. The highest BCUT2D eigenvalue weighted by Gasteiger charge is 2.16. The van der Waals surface area contributed by atoms with Gasteiger partial charge in [-0.15, -0.1) is 6.58 Å². The van der Waals surface area contributed by atoms with Gasteiger partial charge in [-0.1, -0.05) is 6.08 Å². The summed E-state index contributed by atoms with van der Waals surface area (Å²) < 4.78 is 4.63. The van der Waals surface area contributed by atoms with Crippen molar-refractivity contribution in [1.82, 2.24) is 9.80 Å². The Morgan fingerprint density at radius 2 is 1.81 bits per heavy atom. The Balaban J connectivity index is 2.11. The molecule has 0 spiro atoms. The van der Waals surface area contributed by atoms with Crippen LogP contribution in [0, 0.1) is 0 Å². The molecule has 92 valence electrons. The van der Waals surface area contributed by atoms with Crippen LogP contribution in [0.4, 0.5) is 0 Å². The van der Waals surface area contributed by atoms with Crippen molar-refractivity contribution in [3.63, 3.8) is 0 Å². The van der Waals surface area contributed by atoms with Gasteiger partial charge in [-0.25, -0.2) is 0 Å². The van der Waals surface area contributed by atoms with E-state index in [1.54, 1.807) is 0 Å². The van der Waals surface area contributed by atoms with Crippen molar-refractivity contribution in [2.24, 2.45) is 0 Å². The van der Waals surface area contributed by atoms with Gasteiger partial charge in [0.15, 0.2) is 0 Å². The van der Waals surface area contributed by atoms with E-state index in [4.69, 9.17) is 0 Å². The second kappa shape index (κ2) is 7.41. The lowest BCUT2D eigenvalue weighted by molar-refractivity contribution is -0.141. The first kappa shape index (κ1) is 13.2. The smallest absolute Gasteiger partial charge is 0.306 e. The number of rotatable bonds is 6. The third-order valence-electron chi connectivity index (χ3n) is 2.97. The number of carbonyl (C=O) groups excluding carboxylic acids is 1. The van der Waals surface area contributed by atoms with Gasteiger partial charge in [-0.05, 0) is 6.42 Å². The van der Waals surface area contributed by atoms with Crippen molar-refractivity contribution in [3.05, 3.63) is 12.7 Å². The zero-order valence-electron chi connectivity index (χ0n) is 10.2. The Labute approximate surface area is 97.9 Å². The highest BCUT2D eigenvalue weighted by atomic mass is 16.5. The van der Waals surface area contributed by atoms with Crippen LogP contribution in [0.3, 0.4) is 0 Å². The first-order chi connectivity index (χ1) is 7.76. The van der Waals surface area contributed by atoms with Crippen LogP contribution < -0.4 is 0 Å². The molecule has 0 unspecified atom stereocenters. The van der Waals surface area contributed by atoms with E-state index in [0.29, 0.717) is 6.42 Å². The molecule has 1 aliphatic heterocycles. The monoisotopic (exact) mass is 226 g/mol. The first-order valence-corrected chi connectivity index (χ1v) is 5.88. The quantitative estimate of drug-likeness (QED) is 0.494. The number of hydrogen-bond acceptors (Lipinski definition) is 4. The molecule has 4 heteroatoms. The molecule has 0 radical (unpaired) electrons. The third-order valence-corrected chi connectivity index (χ3v) is 2.97. The summed E-state index contributed by atoms with van der Waals surface area (Å²) in [5, 5.41) is 0. The molecule has 0 saturated carbocycles. The lowest BCUT2D eigenvalue weighted by Crippen LogP contribution is -2.46. The Hall–Kier alpha value is -0.870. The molecule has 1 heterocycles. The van der Waals surface area contributed by atoms with Crippen molar-refractivity contribution in [3.8, 4) is 0 Å². The average Bonchev–Trinajstić information content (AvgIpc) is 2.34. The summed E-state index contributed by atoms with van der Waals surface area (Å²) in [5.41, 5.74) is 0. The molecule has 0 N–H and O–H groups in total. The zero-order valence-corrected chi connectivity index (χ0v) is 10.2. The van der Waals surface area contributed by atoms with E-state index >= 15 is 0 Å². The number of piperazine rings is 1. The fourth-order valence-electron chi connectivity index (χ4n) is 1.86. The van der Waals surface area contributed by atoms with E-state index in [2.05, 4.69) is 21.1 Å². The standard InChI is InChI=1S/C12H22N2O2/c1-3-4-6-13-8-10-14(11-9-13)7-5-12(15)16-2/h3H,1,4-11H2,2H3. The Morgan fingerprint density at radius 1 is 1.25 bits per heavy atom. The van der Waals surface area contributed by atoms with Crippen LogP contribution in [-0.4, -0.2) is 62.1 Å². The fraction of sp³-hybridized carbons (Fsp3) is 0.750. The molecule has 1 rings (SSSR count). The Morgan fingerprint density at radius 3 is 2.31 bits per heavy atom. The minimum atomic E-state index is -0.117. The second-order valence-corrected chi connectivity index (χ2v) is 4.09. The fourth-order valence-corrected chi connectivity index (χ4v) is 1.86. The van der Waals surface area contributed by atoms with Gasteiger partial charge in [0.1, 0.15) is 0 Å². The van der Waals surface area contributed by atoms with Gasteiger partial charge >= 0.3 is 5.97 Å². The zero-order chi connectivity index (χ0) is 11.8. The molecule has 0 aromatic heterocycles. The summed E-state index contributed by atoms with van der Waals surface area (Å²) in [6, 6.07) is 0. The molecule has 0 aromatic carbocycles. The molecule has 16 heavy (non-hydrogen) atoms. The molecule has 1 fully saturated rings. The van der Waals surface area contributed by atoms with Crippen molar-refractivity contribution in [2.75, 3.05) is 46.4 Å². The van der Waals surface area contributed by atoms with E-state index < -0.39 is 0 Å². The van der Waals surface area contributed by atoms with E-state index in [1.807, 2.05) is 6.08 Å². The van der Waals surface area contributed by atoms with Gasteiger partial charge in [0.2, 0.25) is 0 Å². The first-order valence-electron chi connectivity index (χ1n) is 5.88. The molecule has 4 nitrogen and oxygen atoms in total. The Kier molecular flexibility index (Phi) is 6.11. The predicted octanol–water partition coefficient (Wildman–Crippen LogP) is 0.743. The third kappa shape index (κ3) is 4.77. The molecule has 0 aromatic rings. The van der Waals surface area contributed by atoms with Gasteiger partial charge in [0.05, 0.1) is 13.5 Å². The summed E-state index contributed by atoms with van der Waals surface area (Å²) >= 11 is 0. The summed E-state index contributed by atoms with van der Waals surface area (Å²) in [4.78, 5) is 15.8. The number of nitrogens with zero attached hydrogens (tertiary/aromatic N) is 2. The van der Waals surface area contributed by atoms with Crippen molar-refractivity contribution in [1.29, 1.82) is 0 Å². The van der Waals surface area contributed by atoms with Crippen LogP contribution in [0.2, 0.25) is 0 Å². The van der Waals surface area contributed by atoms with Gasteiger partial charge in [0, 0.05) is 39.3 Å². The van der Waals surface area contributed by atoms with Gasteiger partial charge in [0.25, 0.3) is 0 Å². The molecular formula is C12H22N2O2. The van der Waals surface area contributed by atoms with Crippen LogP contribution in [0.1, 0.15) is 12.8 Å². The van der Waals surface area contributed by atoms with Crippen LogP contribution in [0.25, 0.3) is 0 Å². The molecule has 0 aliphatic carbocycles. The van der Waals surface area contributed by atoms with Crippen LogP contribution in [0.5, 0.6) is 0 Å². The van der Waals surface area contributed by atoms with E-state index in [1.165, 1.54) is 7.11 Å². The minimum Gasteiger partial charge on any atom is -0.469 e. The van der Waals surface area contributed by atoms with Crippen molar-refractivity contribution in [2.45, 2.75) is 12.8 Å². The number of esters is 1. The normalized spacial score (nSPS) is 18.3. The van der Waals surface area contributed by atoms with Gasteiger partial charge in [-0.2, -0.15) is 0 Å². The maximum Gasteiger partial charge on any atom is 0.306 e. The molecule has 0 amide bonds. The average molecular weight is 226 g/mol. The van der Waals surface area contributed by atoms with E-state index in [9.17, 15) is 4.79 Å². The van der Waals surface area contributed by atoms with Gasteiger partial charge in [-0.3, -0.25) is 4.79 Å². The van der Waals surface area contributed by atoms with Crippen molar-refractivity contribution < 1.29 is 9.53 Å². The van der Waals surface area contributed by atoms with E-state index in [0.717, 1.165) is 45.7 Å². The lowest BCUT2D eigenvalue weighted by atomic mass is 10.2. The largest absolute Gasteiger partial charge is 0.469 e. The minimum absolute atomic E-state index is 0.117. The maximum absolute atomic E-state index is 11.0. The highest BCUT2D eigenvalue weighted by Crippen LogP contribution is 2.03. The highest BCUT2D eigenvalue weighted by molar-refractivity contribution is 5.69. The van der Waals surface area contributed by atoms with Crippen LogP contribution >= 0.6 is 0 Å². The molecule has 0 bridgehead atoms. The topological polar surface area (TPSA) is 32.8 Å². The Bertz CT molecular complexity index is 223. The summed E-state index contributed by atoms with van der Waals surface area (Å²) in [6.45, 7) is 9.94. The number of methoxy groups -OCH3 is 1. The van der Waals surface area contributed by atoms with Gasteiger partial charge < -0.3 is 14.5 Å². The molecular weight excluding hydrogens is 204 g/mol. The molecule has 1 saturated heterocycles. The maximum atomic E-state index is 11.0. The second-order valence-electron chi connectivity index (χ2n) is 4.09. The van der Waals surface area contributed by atoms with Crippen LogP contribution in [-0.2, 0) is 9.53 Å². The number of hydrogen-bond donors (Lipinski definition) is 0. The van der Waals surface area contributed by atoms with E-state index in [-0.39, 0.29) is 5.97 Å². The SMILES string of the molecule is C=CCCN1CCN(CCC(=O)OC)CC1. The van der Waals surface area contributed by atoms with Crippen LogP contribution in [0.15, 0.2) is 12.7 Å². The summed E-state index contributed by atoms with van der Waals surface area (Å²) in [6.07, 6.45) is 3.52. The predicted molar refractivity (Wildman–Crippen MR) is 64.3 cm³/mol.